The molecule has 1 heterocycles. The molecule has 0 aromatic carbocycles. The van der Waals surface area contributed by atoms with E-state index >= 15 is 0 Å². The highest BCUT2D eigenvalue weighted by molar-refractivity contribution is 5.78. The lowest BCUT2D eigenvalue weighted by atomic mass is 10.5. The number of rotatable bonds is 0. The molecular formula is C4H6NO2. The normalized spacial score (nSPS) is 21.4. The van der Waals surface area contributed by atoms with Crippen LogP contribution in [0.1, 0.15) is 0 Å². The number of ether oxygens (including phenoxy) is 1. The van der Waals surface area contributed by atoms with E-state index in [1.807, 2.05) is 0 Å². The fourth-order valence-electron chi connectivity index (χ4n) is 0.408. The maximum Gasteiger partial charge on any atom is 0.246 e. The number of hydrogen-bond donors (Lipinski definition) is 1. The van der Waals surface area contributed by atoms with E-state index in [1.54, 1.807) is 6.54 Å². The second-order valence-corrected chi connectivity index (χ2v) is 1.29. The Hall–Kier alpha value is -0.570. The first-order valence-electron chi connectivity index (χ1n) is 2.08. The van der Waals surface area contributed by atoms with Crippen molar-refractivity contribution in [3.63, 3.8) is 0 Å². The maximum absolute atomic E-state index is 10.2. The summed E-state index contributed by atoms with van der Waals surface area (Å²) in [4.78, 5) is 10.2. The molecule has 3 nitrogen and oxygen atoms in total. The van der Waals surface area contributed by atoms with Crippen LogP contribution in [0.15, 0.2) is 0 Å². The number of carbonyl (C=O) groups is 1. The summed E-state index contributed by atoms with van der Waals surface area (Å²) in [5.41, 5.74) is 0. The lowest BCUT2D eigenvalue weighted by Crippen LogP contribution is -2.32. The fraction of sp³-hybridized carbons (Fsp3) is 0.500. The number of carbonyl (C=O) groups excluding carboxylic acids is 1. The molecule has 1 aliphatic heterocycles. The maximum atomic E-state index is 10.2. The van der Waals surface area contributed by atoms with Crippen molar-refractivity contribution >= 4 is 5.91 Å². The second kappa shape index (κ2) is 1.93. The molecule has 0 bridgehead atoms. The second-order valence-electron chi connectivity index (χ2n) is 1.29. The molecule has 0 aromatic rings. The van der Waals surface area contributed by atoms with E-state index in [1.165, 1.54) is 0 Å². The molecule has 1 rings (SSSR count). The number of hydrogen-bond acceptors (Lipinski definition) is 2. The van der Waals surface area contributed by atoms with E-state index in [0.717, 1.165) is 0 Å². The Morgan fingerprint density at radius 3 is 3.00 bits per heavy atom. The summed E-state index contributed by atoms with van der Waals surface area (Å²) >= 11 is 0. The molecule has 1 amide bonds. The van der Waals surface area contributed by atoms with E-state index in [-0.39, 0.29) is 12.5 Å². The molecule has 3 heteroatoms. The average Bonchev–Trinajstić information content (AvgIpc) is 1.69. The van der Waals surface area contributed by atoms with Crippen LogP contribution in [0, 0.1) is 6.54 Å². The highest BCUT2D eigenvalue weighted by atomic mass is 16.5. The van der Waals surface area contributed by atoms with E-state index in [4.69, 9.17) is 4.74 Å². The molecule has 39 valence electrons. The number of amides is 1. The van der Waals surface area contributed by atoms with E-state index in [2.05, 4.69) is 5.32 Å². The largest absolute Gasteiger partial charge is 0.369 e. The average molecular weight is 100 g/mol. The van der Waals surface area contributed by atoms with Crippen molar-refractivity contribution in [3.05, 3.63) is 6.54 Å². The van der Waals surface area contributed by atoms with Crippen molar-refractivity contribution in [2.45, 2.75) is 0 Å². The van der Waals surface area contributed by atoms with Crippen LogP contribution in [0.5, 0.6) is 0 Å². The quantitative estimate of drug-likeness (QED) is 0.437. The molecule has 0 unspecified atom stereocenters. The minimum absolute atomic E-state index is 0.0637. The first-order valence-corrected chi connectivity index (χ1v) is 2.08. The summed E-state index contributed by atoms with van der Waals surface area (Å²) in [6.07, 6.45) is 0. The SMILES string of the molecule is O=C1COC[CH]N1. The van der Waals surface area contributed by atoms with Crippen LogP contribution in [0.4, 0.5) is 0 Å². The Morgan fingerprint density at radius 1 is 1.86 bits per heavy atom. The van der Waals surface area contributed by atoms with Crippen LogP contribution in [0.25, 0.3) is 0 Å². The van der Waals surface area contributed by atoms with Crippen LogP contribution in [0.2, 0.25) is 0 Å². The summed E-state index contributed by atoms with van der Waals surface area (Å²) in [6, 6.07) is 0. The van der Waals surface area contributed by atoms with Crippen molar-refractivity contribution in [1.82, 2.24) is 5.32 Å². The minimum Gasteiger partial charge on any atom is -0.369 e. The molecule has 1 saturated heterocycles. The monoisotopic (exact) mass is 100 g/mol. The summed E-state index contributed by atoms with van der Waals surface area (Å²) in [6.45, 7) is 2.33. The molecule has 7 heavy (non-hydrogen) atoms. The zero-order valence-corrected chi connectivity index (χ0v) is 3.81. The van der Waals surface area contributed by atoms with Gasteiger partial charge in [0.15, 0.2) is 0 Å². The van der Waals surface area contributed by atoms with Gasteiger partial charge in [0.2, 0.25) is 5.91 Å². The zero-order chi connectivity index (χ0) is 5.11. The molecular weight excluding hydrogens is 94.0 g/mol. The van der Waals surface area contributed by atoms with Crippen molar-refractivity contribution in [1.29, 1.82) is 0 Å². The van der Waals surface area contributed by atoms with Gasteiger partial charge < -0.3 is 10.1 Å². The van der Waals surface area contributed by atoms with Gasteiger partial charge in [0.1, 0.15) is 6.61 Å². The molecule has 0 aliphatic carbocycles. The predicted molar refractivity (Wildman–Crippen MR) is 23.3 cm³/mol. The van der Waals surface area contributed by atoms with Crippen molar-refractivity contribution in [3.8, 4) is 0 Å². The van der Waals surface area contributed by atoms with Gasteiger partial charge >= 0.3 is 0 Å². The number of nitrogens with one attached hydrogen (secondary N) is 1. The van der Waals surface area contributed by atoms with Gasteiger partial charge in [-0.15, -0.1) is 0 Å². The van der Waals surface area contributed by atoms with Gasteiger partial charge in [-0.1, -0.05) is 0 Å². The highest BCUT2D eigenvalue weighted by Crippen LogP contribution is 1.84. The molecule has 0 spiro atoms. The lowest BCUT2D eigenvalue weighted by molar-refractivity contribution is -0.127. The Labute approximate surface area is 41.7 Å². The van der Waals surface area contributed by atoms with E-state index in [0.29, 0.717) is 6.61 Å². The Morgan fingerprint density at radius 2 is 2.71 bits per heavy atom. The van der Waals surface area contributed by atoms with Gasteiger partial charge in [-0.25, -0.2) is 0 Å². The lowest BCUT2D eigenvalue weighted by Gasteiger charge is -2.09. The van der Waals surface area contributed by atoms with Crippen molar-refractivity contribution in [2.75, 3.05) is 13.2 Å². The third kappa shape index (κ3) is 1.16. The molecule has 1 radical (unpaired) electrons. The van der Waals surface area contributed by atoms with Gasteiger partial charge in [0.25, 0.3) is 0 Å². The first kappa shape index (κ1) is 4.59. The van der Waals surface area contributed by atoms with Crippen LogP contribution >= 0.6 is 0 Å². The standard InChI is InChI=1S/C4H6NO2/c6-4-3-7-2-1-5-4/h1H,2-3H2,(H,5,6). The summed E-state index contributed by atoms with van der Waals surface area (Å²) in [5, 5.41) is 2.49. The minimum atomic E-state index is -0.0637. The summed E-state index contributed by atoms with van der Waals surface area (Å²) in [5.74, 6) is -0.0637. The van der Waals surface area contributed by atoms with Gasteiger partial charge in [0.05, 0.1) is 13.2 Å². The number of morpholine rings is 1. The van der Waals surface area contributed by atoms with E-state index in [9.17, 15) is 4.79 Å². The van der Waals surface area contributed by atoms with Gasteiger partial charge in [-0.2, -0.15) is 0 Å². The Bertz CT molecular complexity index is 73.8. The Kier molecular flexibility index (Phi) is 1.26. The molecule has 1 N–H and O–H groups in total. The van der Waals surface area contributed by atoms with Gasteiger partial charge in [-0.05, 0) is 0 Å². The van der Waals surface area contributed by atoms with E-state index < -0.39 is 0 Å². The summed E-state index contributed by atoms with van der Waals surface area (Å²) < 4.78 is 4.71. The molecule has 1 aliphatic rings. The van der Waals surface area contributed by atoms with Crippen LogP contribution in [0.3, 0.4) is 0 Å². The third-order valence-corrected chi connectivity index (χ3v) is 0.697. The molecule has 0 aromatic heterocycles. The van der Waals surface area contributed by atoms with Crippen molar-refractivity contribution < 1.29 is 9.53 Å². The topological polar surface area (TPSA) is 38.3 Å². The smallest absolute Gasteiger partial charge is 0.246 e. The highest BCUT2D eigenvalue weighted by Gasteiger charge is 2.04. The van der Waals surface area contributed by atoms with Gasteiger partial charge in [0, 0.05) is 0 Å². The van der Waals surface area contributed by atoms with Gasteiger partial charge in [-0.3, -0.25) is 4.79 Å². The third-order valence-electron chi connectivity index (χ3n) is 0.697. The first-order chi connectivity index (χ1) is 3.39. The molecule has 0 atom stereocenters. The van der Waals surface area contributed by atoms with Crippen LogP contribution in [-0.4, -0.2) is 19.1 Å². The zero-order valence-electron chi connectivity index (χ0n) is 3.81. The van der Waals surface area contributed by atoms with Crippen molar-refractivity contribution in [2.24, 2.45) is 0 Å². The molecule has 1 fully saturated rings. The summed E-state index contributed by atoms with van der Waals surface area (Å²) in [7, 11) is 0. The van der Waals surface area contributed by atoms with Crippen LogP contribution in [-0.2, 0) is 9.53 Å². The predicted octanol–water partition coefficient (Wildman–Crippen LogP) is -0.705. The Balaban J connectivity index is 2.25. The van der Waals surface area contributed by atoms with Crippen LogP contribution < -0.4 is 5.32 Å². The molecule has 0 saturated carbocycles. The fourth-order valence-corrected chi connectivity index (χ4v) is 0.408.